The number of likely N-dealkylation sites (N-methyl/N-ethyl adjacent to an activating group) is 1. The molecular weight excluding hydrogens is 621 g/mol. The van der Waals surface area contributed by atoms with Crippen molar-refractivity contribution >= 4 is 68.5 Å². The van der Waals surface area contributed by atoms with Crippen molar-refractivity contribution in [2.45, 2.75) is 36.4 Å². The number of alkyl halides is 2. The fraction of sp³-hybridized carbons (Fsp3) is 0.417. The fourth-order valence-corrected chi connectivity index (χ4v) is 4.66. The summed E-state index contributed by atoms with van der Waals surface area (Å²) in [6.45, 7) is 4.08. The average molecular weight is 647 g/mol. The van der Waals surface area contributed by atoms with E-state index in [9.17, 15) is 14.0 Å². The van der Waals surface area contributed by atoms with Gasteiger partial charge in [-0.2, -0.15) is 4.98 Å². The summed E-state index contributed by atoms with van der Waals surface area (Å²) in [5.74, 6) is -0.682. The SMILES string of the molecule is CNC(=O)COc1cc2c(F)c(Nc3nc(N4CCC(F)(I)CC4)ncc3Cl)ccc2n(C(C)C)c1=O. The highest BCUT2D eigenvalue weighted by Gasteiger charge is 2.32. The Balaban J connectivity index is 1.70. The van der Waals surface area contributed by atoms with E-state index in [0.717, 1.165) is 0 Å². The van der Waals surface area contributed by atoms with Gasteiger partial charge in [0.15, 0.2) is 27.7 Å². The highest BCUT2D eigenvalue weighted by Crippen LogP contribution is 2.35. The molecule has 13 heteroatoms. The molecule has 0 saturated carbocycles. The van der Waals surface area contributed by atoms with E-state index in [4.69, 9.17) is 16.3 Å². The predicted octanol–water partition coefficient (Wildman–Crippen LogP) is 4.73. The largest absolute Gasteiger partial charge is 0.478 e. The maximum Gasteiger partial charge on any atom is 0.293 e. The molecule has 0 unspecified atom stereocenters. The molecule has 0 atom stereocenters. The minimum Gasteiger partial charge on any atom is -0.478 e. The van der Waals surface area contributed by atoms with Crippen LogP contribution in [0.5, 0.6) is 5.75 Å². The van der Waals surface area contributed by atoms with Crippen LogP contribution in [0, 0.1) is 5.82 Å². The summed E-state index contributed by atoms with van der Waals surface area (Å²) in [7, 11) is 1.45. The van der Waals surface area contributed by atoms with Crippen LogP contribution in [0.15, 0.2) is 29.2 Å². The van der Waals surface area contributed by atoms with Gasteiger partial charge in [0, 0.05) is 44.4 Å². The minimum absolute atomic E-state index is 0.0685. The number of nitrogens with zero attached hydrogens (tertiary/aromatic N) is 4. The van der Waals surface area contributed by atoms with Gasteiger partial charge in [0.05, 0.1) is 17.4 Å². The van der Waals surface area contributed by atoms with E-state index >= 15 is 4.39 Å². The van der Waals surface area contributed by atoms with E-state index in [1.54, 1.807) is 19.9 Å². The molecule has 0 radical (unpaired) electrons. The molecule has 3 heterocycles. The molecule has 2 N–H and O–H groups in total. The van der Waals surface area contributed by atoms with Gasteiger partial charge in [-0.05, 0) is 54.6 Å². The van der Waals surface area contributed by atoms with E-state index in [-0.39, 0.29) is 40.3 Å². The van der Waals surface area contributed by atoms with Gasteiger partial charge < -0.3 is 24.8 Å². The Labute approximate surface area is 230 Å². The number of benzene rings is 1. The number of anilines is 3. The van der Waals surface area contributed by atoms with Crippen molar-refractivity contribution in [3.05, 3.63) is 45.6 Å². The Morgan fingerprint density at radius 2 is 2.03 bits per heavy atom. The van der Waals surface area contributed by atoms with Crippen LogP contribution in [0.3, 0.4) is 0 Å². The van der Waals surface area contributed by atoms with Crippen molar-refractivity contribution in [1.82, 2.24) is 19.9 Å². The van der Waals surface area contributed by atoms with Gasteiger partial charge >= 0.3 is 0 Å². The lowest BCUT2D eigenvalue weighted by Crippen LogP contribution is -2.39. The van der Waals surface area contributed by atoms with E-state index in [2.05, 4.69) is 20.6 Å². The molecule has 2 aromatic heterocycles. The molecule has 1 fully saturated rings. The number of fused-ring (bicyclic) bond motifs is 1. The van der Waals surface area contributed by atoms with Crippen LogP contribution in [0.1, 0.15) is 32.7 Å². The quantitative estimate of drug-likeness (QED) is 0.283. The average Bonchev–Trinajstić information content (AvgIpc) is 2.85. The fourth-order valence-electron chi connectivity index (χ4n) is 4.04. The predicted molar refractivity (Wildman–Crippen MR) is 148 cm³/mol. The van der Waals surface area contributed by atoms with E-state index in [1.165, 1.54) is 29.9 Å². The first-order valence-electron chi connectivity index (χ1n) is 11.6. The standard InChI is InChI=1S/C24H26ClF2IN6O3/c1-13(2)34-17-5-4-16(20(26)14(17)10-18(22(34)36)37-12-19(35)29-3)31-21-15(25)11-30-23(32-21)33-8-6-24(27,28)7-9-33/h4-5,10-11,13H,6-9,12H2,1-3H3,(H,29,35)(H,30,31,32). The van der Waals surface area contributed by atoms with Crippen LogP contribution >= 0.6 is 34.2 Å². The van der Waals surface area contributed by atoms with Crippen molar-refractivity contribution in [1.29, 1.82) is 0 Å². The Bertz CT molecular complexity index is 1390. The second kappa shape index (κ2) is 10.9. The zero-order valence-electron chi connectivity index (χ0n) is 20.4. The molecule has 0 spiro atoms. The van der Waals surface area contributed by atoms with Crippen molar-refractivity contribution in [3.63, 3.8) is 0 Å². The van der Waals surface area contributed by atoms with Crippen molar-refractivity contribution in [2.24, 2.45) is 0 Å². The van der Waals surface area contributed by atoms with Crippen LogP contribution in [0.4, 0.5) is 26.2 Å². The van der Waals surface area contributed by atoms with Gasteiger partial charge in [-0.1, -0.05) is 11.6 Å². The lowest BCUT2D eigenvalue weighted by atomic mass is 10.1. The van der Waals surface area contributed by atoms with Crippen LogP contribution in [0.2, 0.25) is 5.02 Å². The molecular formula is C24H26ClF2IN6O3. The molecule has 1 amide bonds. The Hall–Kier alpha value is -2.74. The van der Waals surface area contributed by atoms with Gasteiger partial charge in [0.1, 0.15) is 5.02 Å². The second-order valence-electron chi connectivity index (χ2n) is 8.93. The summed E-state index contributed by atoms with van der Waals surface area (Å²) >= 11 is 8.12. The third-order valence-corrected chi connectivity index (χ3v) is 7.39. The van der Waals surface area contributed by atoms with E-state index < -0.39 is 21.0 Å². The number of rotatable bonds is 7. The number of halogens is 4. The van der Waals surface area contributed by atoms with Gasteiger partial charge in [-0.15, -0.1) is 0 Å². The zero-order chi connectivity index (χ0) is 26.9. The smallest absolute Gasteiger partial charge is 0.293 e. The summed E-state index contributed by atoms with van der Waals surface area (Å²) in [5.41, 5.74) is -0.0362. The van der Waals surface area contributed by atoms with Crippen molar-refractivity contribution in [2.75, 3.05) is 37.0 Å². The molecule has 1 saturated heterocycles. The lowest BCUT2D eigenvalue weighted by molar-refractivity contribution is -0.122. The minimum atomic E-state index is -1.25. The topological polar surface area (TPSA) is 101 Å². The molecule has 4 rings (SSSR count). The summed E-state index contributed by atoms with van der Waals surface area (Å²) in [6.07, 6.45) is 2.08. The Kier molecular flexibility index (Phi) is 8.07. The first-order valence-corrected chi connectivity index (χ1v) is 13.1. The summed E-state index contributed by atoms with van der Waals surface area (Å²) in [4.78, 5) is 35.2. The van der Waals surface area contributed by atoms with Crippen LogP contribution in [0.25, 0.3) is 10.9 Å². The number of hydrogen-bond acceptors (Lipinski definition) is 7. The summed E-state index contributed by atoms with van der Waals surface area (Å²) in [5, 5.41) is 5.62. The number of ether oxygens (including phenoxy) is 1. The lowest BCUT2D eigenvalue weighted by Gasteiger charge is -2.33. The first kappa shape index (κ1) is 27.3. The highest BCUT2D eigenvalue weighted by atomic mass is 127. The molecule has 1 aliphatic rings. The van der Waals surface area contributed by atoms with Crippen LogP contribution < -0.4 is 25.8 Å². The Morgan fingerprint density at radius 3 is 2.68 bits per heavy atom. The molecule has 0 bridgehead atoms. The number of nitrogens with one attached hydrogen (secondary N) is 2. The van der Waals surface area contributed by atoms with Crippen LogP contribution in [-0.4, -0.2) is 50.9 Å². The first-order chi connectivity index (χ1) is 17.5. The number of hydrogen-bond donors (Lipinski definition) is 2. The molecule has 9 nitrogen and oxygen atoms in total. The van der Waals surface area contributed by atoms with Gasteiger partial charge in [-0.3, -0.25) is 9.59 Å². The number of carbonyl (C=O) groups is 1. The number of pyridine rings is 1. The molecule has 37 heavy (non-hydrogen) atoms. The highest BCUT2D eigenvalue weighted by molar-refractivity contribution is 14.1. The van der Waals surface area contributed by atoms with Crippen molar-refractivity contribution < 1.29 is 18.3 Å². The molecule has 3 aromatic rings. The maximum absolute atomic E-state index is 15.8. The van der Waals surface area contributed by atoms with Gasteiger partial charge in [-0.25, -0.2) is 13.8 Å². The van der Waals surface area contributed by atoms with Gasteiger partial charge in [0.2, 0.25) is 5.95 Å². The normalized spacial score (nSPS) is 15.2. The molecule has 198 valence electrons. The maximum atomic E-state index is 15.8. The van der Waals surface area contributed by atoms with E-state index in [1.807, 2.05) is 27.5 Å². The second-order valence-corrected chi connectivity index (χ2v) is 11.3. The van der Waals surface area contributed by atoms with Crippen LogP contribution in [-0.2, 0) is 4.79 Å². The van der Waals surface area contributed by atoms with E-state index in [0.29, 0.717) is 37.4 Å². The monoisotopic (exact) mass is 646 g/mol. The summed E-state index contributed by atoms with van der Waals surface area (Å²) < 4.78 is 35.6. The van der Waals surface area contributed by atoms with Crippen molar-refractivity contribution in [3.8, 4) is 5.75 Å². The third kappa shape index (κ3) is 5.89. The summed E-state index contributed by atoms with van der Waals surface area (Å²) in [6, 6.07) is 4.10. The third-order valence-electron chi connectivity index (χ3n) is 6.04. The number of amides is 1. The molecule has 1 aliphatic heterocycles. The zero-order valence-corrected chi connectivity index (χ0v) is 23.4. The number of piperidine rings is 1. The molecule has 1 aromatic carbocycles. The number of aromatic nitrogens is 3. The Morgan fingerprint density at radius 1 is 1.32 bits per heavy atom. The van der Waals surface area contributed by atoms with Gasteiger partial charge in [0.25, 0.3) is 11.5 Å². The molecule has 0 aliphatic carbocycles. The number of carbonyl (C=O) groups excluding carboxylic acids is 1.